The predicted molar refractivity (Wildman–Crippen MR) is 48.2 cm³/mol. The van der Waals surface area contributed by atoms with Gasteiger partial charge in [0.05, 0.1) is 5.56 Å². The molecule has 0 saturated carbocycles. The molecule has 0 N–H and O–H groups in total. The third-order valence-corrected chi connectivity index (χ3v) is 1.99. The van der Waals surface area contributed by atoms with Crippen molar-refractivity contribution in [3.05, 3.63) is 22.6 Å². The Morgan fingerprint density at radius 1 is 1.08 bits per heavy atom. The maximum absolute atomic E-state index is 11.2. The molecule has 1 aromatic rings. The molecule has 0 bridgehead atoms. The molecule has 0 aliphatic carbocycles. The largest absolute Gasteiger partial charge is 0.457 e. The highest BCUT2D eigenvalue weighted by Gasteiger charge is 2.19. The van der Waals surface area contributed by atoms with Gasteiger partial charge in [0.15, 0.2) is 17.3 Å². The van der Waals surface area contributed by atoms with E-state index in [1.165, 1.54) is 13.8 Å². The van der Waals surface area contributed by atoms with E-state index >= 15 is 0 Å². The zero-order valence-electron chi connectivity index (χ0n) is 8.22. The fraction of sp³-hybridized carbons (Fsp3) is 0.400. The van der Waals surface area contributed by atoms with Crippen LogP contribution < -0.4 is 0 Å². The van der Waals surface area contributed by atoms with Gasteiger partial charge in [-0.1, -0.05) is 0 Å². The second kappa shape index (κ2) is 3.17. The maximum atomic E-state index is 11.2. The lowest BCUT2D eigenvalue weighted by molar-refractivity contribution is 0.0982. The Hall–Kier alpha value is -1.38. The Morgan fingerprint density at radius 3 is 1.85 bits per heavy atom. The van der Waals surface area contributed by atoms with Crippen LogP contribution in [-0.4, -0.2) is 11.6 Å². The van der Waals surface area contributed by atoms with Crippen molar-refractivity contribution in [2.24, 2.45) is 0 Å². The number of furan rings is 1. The number of Topliss-reactive ketones (excluding diaryl/α,β-unsaturated/α-hetero) is 2. The number of carbonyl (C=O) groups excluding carboxylic acids is 2. The van der Waals surface area contributed by atoms with E-state index in [0.29, 0.717) is 22.6 Å². The molecule has 0 radical (unpaired) electrons. The minimum absolute atomic E-state index is 0.0637. The summed E-state index contributed by atoms with van der Waals surface area (Å²) in [6, 6.07) is 0. The molecule has 0 atom stereocenters. The summed E-state index contributed by atoms with van der Waals surface area (Å²) in [5.41, 5.74) is 1.18. The van der Waals surface area contributed by atoms with Crippen molar-refractivity contribution in [2.45, 2.75) is 27.7 Å². The monoisotopic (exact) mass is 180 g/mol. The van der Waals surface area contributed by atoms with Crippen LogP contribution in [0.25, 0.3) is 0 Å². The summed E-state index contributed by atoms with van der Waals surface area (Å²) >= 11 is 0. The Bertz CT molecular complexity index is 372. The first-order valence-corrected chi connectivity index (χ1v) is 4.07. The Morgan fingerprint density at radius 2 is 1.62 bits per heavy atom. The quantitative estimate of drug-likeness (QED) is 0.656. The second-order valence-electron chi connectivity index (χ2n) is 3.10. The first-order valence-electron chi connectivity index (χ1n) is 4.07. The van der Waals surface area contributed by atoms with Crippen LogP contribution in [0.5, 0.6) is 0 Å². The molecule has 0 fully saturated rings. The summed E-state index contributed by atoms with van der Waals surface area (Å²) in [4.78, 5) is 22.2. The predicted octanol–water partition coefficient (Wildman–Crippen LogP) is 2.30. The van der Waals surface area contributed by atoms with E-state index in [4.69, 9.17) is 4.42 Å². The molecule has 3 heteroatoms. The zero-order valence-corrected chi connectivity index (χ0v) is 8.22. The molecule has 0 aliphatic heterocycles. The summed E-state index contributed by atoms with van der Waals surface area (Å²) in [6.07, 6.45) is 0. The third kappa shape index (κ3) is 1.54. The van der Waals surface area contributed by atoms with Crippen LogP contribution in [0.4, 0.5) is 0 Å². The SMILES string of the molecule is CC(=O)c1oc(C)c(C(C)=O)c1C. The molecule has 1 aromatic heterocycles. The standard InChI is InChI=1S/C10H12O3/c1-5-9(6(2)11)8(4)13-10(5)7(3)12/h1-4H3. The maximum Gasteiger partial charge on any atom is 0.195 e. The van der Waals surface area contributed by atoms with Crippen molar-refractivity contribution in [3.8, 4) is 0 Å². The fourth-order valence-corrected chi connectivity index (χ4v) is 1.51. The minimum atomic E-state index is -0.145. The average Bonchev–Trinajstić information content (AvgIpc) is 2.26. The number of aryl methyl sites for hydroxylation is 1. The van der Waals surface area contributed by atoms with E-state index in [-0.39, 0.29) is 11.6 Å². The van der Waals surface area contributed by atoms with Crippen molar-refractivity contribution in [3.63, 3.8) is 0 Å². The Balaban J connectivity index is 3.39. The lowest BCUT2D eigenvalue weighted by Crippen LogP contribution is -1.97. The van der Waals surface area contributed by atoms with Crippen LogP contribution in [0.15, 0.2) is 4.42 Å². The molecular weight excluding hydrogens is 168 g/mol. The van der Waals surface area contributed by atoms with Crippen molar-refractivity contribution in [2.75, 3.05) is 0 Å². The topological polar surface area (TPSA) is 47.3 Å². The first kappa shape index (κ1) is 9.71. The highest BCUT2D eigenvalue weighted by molar-refractivity contribution is 6.01. The number of hydrogen-bond acceptors (Lipinski definition) is 3. The molecular formula is C10H12O3. The van der Waals surface area contributed by atoms with Gasteiger partial charge in [-0.05, 0) is 20.8 Å². The normalized spacial score (nSPS) is 10.2. The minimum Gasteiger partial charge on any atom is -0.457 e. The molecule has 0 amide bonds. The fourth-order valence-electron chi connectivity index (χ4n) is 1.51. The Labute approximate surface area is 76.7 Å². The lowest BCUT2D eigenvalue weighted by atomic mass is 10.1. The van der Waals surface area contributed by atoms with Crippen LogP contribution in [0.2, 0.25) is 0 Å². The smallest absolute Gasteiger partial charge is 0.195 e. The number of rotatable bonds is 2. The Kier molecular flexibility index (Phi) is 2.36. The highest BCUT2D eigenvalue weighted by atomic mass is 16.3. The van der Waals surface area contributed by atoms with Gasteiger partial charge in [-0.25, -0.2) is 0 Å². The van der Waals surface area contributed by atoms with E-state index in [0.717, 1.165) is 0 Å². The summed E-state index contributed by atoms with van der Waals surface area (Å²) in [7, 11) is 0. The van der Waals surface area contributed by atoms with Crippen molar-refractivity contribution in [1.29, 1.82) is 0 Å². The van der Waals surface area contributed by atoms with E-state index in [1.807, 2.05) is 0 Å². The molecule has 0 spiro atoms. The summed E-state index contributed by atoms with van der Waals surface area (Å²) < 4.78 is 5.20. The van der Waals surface area contributed by atoms with Gasteiger partial charge in [0.1, 0.15) is 5.76 Å². The van der Waals surface area contributed by atoms with Crippen LogP contribution >= 0.6 is 0 Å². The van der Waals surface area contributed by atoms with Crippen molar-refractivity contribution >= 4 is 11.6 Å². The number of carbonyl (C=O) groups is 2. The molecule has 70 valence electrons. The van der Waals surface area contributed by atoms with Crippen LogP contribution in [0, 0.1) is 13.8 Å². The van der Waals surface area contributed by atoms with Gasteiger partial charge in [-0.3, -0.25) is 9.59 Å². The number of hydrogen-bond donors (Lipinski definition) is 0. The highest BCUT2D eigenvalue weighted by Crippen LogP contribution is 2.22. The van der Waals surface area contributed by atoms with E-state index < -0.39 is 0 Å². The molecule has 0 aliphatic rings. The molecule has 1 rings (SSSR count). The van der Waals surface area contributed by atoms with Gasteiger partial charge in [0, 0.05) is 12.5 Å². The van der Waals surface area contributed by atoms with Crippen LogP contribution in [0.1, 0.15) is 46.1 Å². The van der Waals surface area contributed by atoms with Gasteiger partial charge >= 0.3 is 0 Å². The molecule has 0 saturated heterocycles. The van der Waals surface area contributed by atoms with Gasteiger partial charge in [-0.15, -0.1) is 0 Å². The number of ketones is 2. The summed E-state index contributed by atoms with van der Waals surface area (Å²) in [5.74, 6) is 0.609. The average molecular weight is 180 g/mol. The second-order valence-corrected chi connectivity index (χ2v) is 3.10. The van der Waals surface area contributed by atoms with E-state index in [2.05, 4.69) is 0 Å². The van der Waals surface area contributed by atoms with E-state index in [1.54, 1.807) is 13.8 Å². The van der Waals surface area contributed by atoms with Crippen molar-refractivity contribution in [1.82, 2.24) is 0 Å². The van der Waals surface area contributed by atoms with Gasteiger partial charge < -0.3 is 4.42 Å². The van der Waals surface area contributed by atoms with Crippen LogP contribution in [0.3, 0.4) is 0 Å². The lowest BCUT2D eigenvalue weighted by Gasteiger charge is -1.92. The molecule has 1 heterocycles. The first-order chi connectivity index (χ1) is 5.95. The summed E-state index contributed by atoms with van der Waals surface area (Å²) in [5, 5.41) is 0. The molecule has 13 heavy (non-hydrogen) atoms. The summed E-state index contributed by atoms with van der Waals surface area (Å²) in [6.45, 7) is 6.31. The van der Waals surface area contributed by atoms with Gasteiger partial charge in [0.2, 0.25) is 0 Å². The molecule has 3 nitrogen and oxygen atoms in total. The van der Waals surface area contributed by atoms with Gasteiger partial charge in [0.25, 0.3) is 0 Å². The van der Waals surface area contributed by atoms with Crippen molar-refractivity contribution < 1.29 is 14.0 Å². The molecule has 0 unspecified atom stereocenters. The zero-order chi connectivity index (χ0) is 10.2. The molecule has 0 aromatic carbocycles. The van der Waals surface area contributed by atoms with Gasteiger partial charge in [-0.2, -0.15) is 0 Å². The third-order valence-electron chi connectivity index (χ3n) is 1.99. The van der Waals surface area contributed by atoms with E-state index in [9.17, 15) is 9.59 Å². The van der Waals surface area contributed by atoms with Crippen LogP contribution in [-0.2, 0) is 0 Å².